The smallest absolute Gasteiger partial charge is 0.115 e. The van der Waals surface area contributed by atoms with Crippen molar-refractivity contribution in [3.63, 3.8) is 0 Å². The maximum Gasteiger partial charge on any atom is 0.115 e. The lowest BCUT2D eigenvalue weighted by Gasteiger charge is -2.12. The minimum Gasteiger partial charge on any atom is -0.383 e. The highest BCUT2D eigenvalue weighted by molar-refractivity contribution is 7.16. The average Bonchev–Trinajstić information content (AvgIpc) is 2.68. The average molecular weight is 273 g/mol. The SMILES string of the molecule is Cc1cccc(C(O)c2ccc(Cl)s2)c1Cl. The van der Waals surface area contributed by atoms with E-state index in [-0.39, 0.29) is 0 Å². The molecule has 1 aromatic heterocycles. The zero-order valence-corrected chi connectivity index (χ0v) is 10.9. The van der Waals surface area contributed by atoms with Crippen LogP contribution in [0.2, 0.25) is 9.36 Å². The zero-order chi connectivity index (χ0) is 11.7. The molecular weight excluding hydrogens is 263 g/mol. The first-order valence-corrected chi connectivity index (χ1v) is 6.35. The molecule has 0 amide bonds. The minimum absolute atomic E-state index is 0.611. The Kier molecular flexibility index (Phi) is 3.55. The van der Waals surface area contributed by atoms with Gasteiger partial charge >= 0.3 is 0 Å². The van der Waals surface area contributed by atoms with Crippen molar-refractivity contribution >= 4 is 34.5 Å². The number of aliphatic hydroxyl groups excluding tert-OH is 1. The molecule has 0 bridgehead atoms. The van der Waals surface area contributed by atoms with Crippen LogP contribution in [-0.2, 0) is 0 Å². The van der Waals surface area contributed by atoms with E-state index in [4.69, 9.17) is 23.2 Å². The summed E-state index contributed by atoms with van der Waals surface area (Å²) in [4.78, 5) is 0.803. The monoisotopic (exact) mass is 272 g/mol. The van der Waals surface area contributed by atoms with E-state index in [1.54, 1.807) is 6.07 Å². The normalized spacial score (nSPS) is 12.8. The Bertz CT molecular complexity index is 507. The third-order valence-electron chi connectivity index (χ3n) is 2.38. The molecule has 84 valence electrons. The number of hydrogen-bond acceptors (Lipinski definition) is 2. The lowest BCUT2D eigenvalue weighted by molar-refractivity contribution is 0.224. The number of aliphatic hydroxyl groups is 1. The largest absolute Gasteiger partial charge is 0.383 e. The summed E-state index contributed by atoms with van der Waals surface area (Å²) in [5.41, 5.74) is 1.68. The second-order valence-electron chi connectivity index (χ2n) is 3.52. The molecule has 0 saturated heterocycles. The first kappa shape index (κ1) is 11.9. The lowest BCUT2D eigenvalue weighted by atomic mass is 10.1. The predicted molar refractivity (Wildman–Crippen MR) is 69.6 cm³/mol. The Morgan fingerprint density at radius 2 is 1.94 bits per heavy atom. The van der Waals surface area contributed by atoms with Crippen LogP contribution in [0.15, 0.2) is 30.3 Å². The summed E-state index contributed by atoms with van der Waals surface area (Å²) in [6.07, 6.45) is -0.704. The van der Waals surface area contributed by atoms with Crippen molar-refractivity contribution in [2.24, 2.45) is 0 Å². The molecule has 1 atom stereocenters. The fourth-order valence-corrected chi connectivity index (χ4v) is 2.81. The minimum atomic E-state index is -0.704. The van der Waals surface area contributed by atoms with E-state index in [0.29, 0.717) is 9.36 Å². The molecule has 2 rings (SSSR count). The molecule has 0 saturated carbocycles. The molecule has 0 radical (unpaired) electrons. The Balaban J connectivity index is 2.41. The Labute approximate surface area is 108 Å². The molecule has 0 aliphatic carbocycles. The van der Waals surface area contributed by atoms with E-state index in [1.807, 2.05) is 31.2 Å². The number of benzene rings is 1. The summed E-state index contributed by atoms with van der Waals surface area (Å²) >= 11 is 13.4. The van der Waals surface area contributed by atoms with Gasteiger partial charge in [-0.1, -0.05) is 41.4 Å². The van der Waals surface area contributed by atoms with Crippen LogP contribution >= 0.6 is 34.5 Å². The van der Waals surface area contributed by atoms with Gasteiger partial charge in [0, 0.05) is 15.5 Å². The summed E-state index contributed by atoms with van der Waals surface area (Å²) in [5, 5.41) is 10.8. The van der Waals surface area contributed by atoms with Gasteiger partial charge in [0.2, 0.25) is 0 Å². The summed E-state index contributed by atoms with van der Waals surface area (Å²) in [5.74, 6) is 0. The Morgan fingerprint density at radius 1 is 1.19 bits per heavy atom. The van der Waals surface area contributed by atoms with Gasteiger partial charge in [-0.3, -0.25) is 0 Å². The van der Waals surface area contributed by atoms with Crippen molar-refractivity contribution in [2.75, 3.05) is 0 Å². The number of rotatable bonds is 2. The van der Waals surface area contributed by atoms with Crippen LogP contribution < -0.4 is 0 Å². The van der Waals surface area contributed by atoms with Gasteiger partial charge < -0.3 is 5.11 Å². The summed E-state index contributed by atoms with van der Waals surface area (Å²) < 4.78 is 0.665. The van der Waals surface area contributed by atoms with Gasteiger partial charge in [-0.15, -0.1) is 11.3 Å². The molecule has 4 heteroatoms. The third-order valence-corrected chi connectivity index (χ3v) is 4.18. The highest BCUT2D eigenvalue weighted by Gasteiger charge is 2.16. The first-order chi connectivity index (χ1) is 7.59. The van der Waals surface area contributed by atoms with Crippen LogP contribution in [0.5, 0.6) is 0 Å². The van der Waals surface area contributed by atoms with Gasteiger partial charge in [-0.2, -0.15) is 0 Å². The molecule has 2 aromatic rings. The topological polar surface area (TPSA) is 20.2 Å². The van der Waals surface area contributed by atoms with E-state index in [9.17, 15) is 5.11 Å². The van der Waals surface area contributed by atoms with Crippen molar-refractivity contribution < 1.29 is 5.11 Å². The van der Waals surface area contributed by atoms with Gasteiger partial charge in [-0.05, 0) is 24.6 Å². The van der Waals surface area contributed by atoms with E-state index < -0.39 is 6.10 Å². The second kappa shape index (κ2) is 4.76. The molecule has 1 heterocycles. The highest BCUT2D eigenvalue weighted by Crippen LogP contribution is 2.34. The van der Waals surface area contributed by atoms with Crippen LogP contribution in [0.1, 0.15) is 22.1 Å². The number of thiophene rings is 1. The number of aryl methyl sites for hydroxylation is 1. The van der Waals surface area contributed by atoms with Gasteiger partial charge in [0.05, 0.1) is 4.34 Å². The van der Waals surface area contributed by atoms with E-state index in [0.717, 1.165) is 16.0 Å². The highest BCUT2D eigenvalue weighted by atomic mass is 35.5. The molecular formula is C12H10Cl2OS. The number of halogens is 2. The van der Waals surface area contributed by atoms with Crippen molar-refractivity contribution in [1.82, 2.24) is 0 Å². The first-order valence-electron chi connectivity index (χ1n) is 4.78. The lowest BCUT2D eigenvalue weighted by Crippen LogP contribution is -1.98. The van der Waals surface area contributed by atoms with Crippen LogP contribution in [0.3, 0.4) is 0 Å². The van der Waals surface area contributed by atoms with Crippen LogP contribution in [0.25, 0.3) is 0 Å². The molecule has 0 aliphatic rings. The third kappa shape index (κ3) is 2.25. The Morgan fingerprint density at radius 3 is 2.56 bits per heavy atom. The van der Waals surface area contributed by atoms with E-state index in [2.05, 4.69) is 0 Å². The summed E-state index contributed by atoms with van der Waals surface area (Å²) in [6.45, 7) is 1.92. The molecule has 1 nitrogen and oxygen atoms in total. The molecule has 1 unspecified atom stereocenters. The van der Waals surface area contributed by atoms with Crippen molar-refractivity contribution in [1.29, 1.82) is 0 Å². The Hall–Kier alpha value is -0.540. The number of hydrogen-bond donors (Lipinski definition) is 1. The van der Waals surface area contributed by atoms with Gasteiger partial charge in [-0.25, -0.2) is 0 Å². The quantitative estimate of drug-likeness (QED) is 0.857. The van der Waals surface area contributed by atoms with E-state index in [1.165, 1.54) is 11.3 Å². The van der Waals surface area contributed by atoms with Gasteiger partial charge in [0.15, 0.2) is 0 Å². The summed E-state index contributed by atoms with van der Waals surface area (Å²) in [7, 11) is 0. The van der Waals surface area contributed by atoms with Crippen LogP contribution in [0.4, 0.5) is 0 Å². The fraction of sp³-hybridized carbons (Fsp3) is 0.167. The molecule has 1 N–H and O–H groups in total. The van der Waals surface area contributed by atoms with Crippen molar-refractivity contribution in [2.45, 2.75) is 13.0 Å². The standard InChI is InChI=1S/C12H10Cl2OS/c1-7-3-2-4-8(11(7)14)12(15)9-5-6-10(13)16-9/h2-6,12,15H,1H3. The van der Waals surface area contributed by atoms with Crippen LogP contribution in [-0.4, -0.2) is 5.11 Å². The van der Waals surface area contributed by atoms with E-state index >= 15 is 0 Å². The van der Waals surface area contributed by atoms with Crippen LogP contribution in [0, 0.1) is 6.92 Å². The van der Waals surface area contributed by atoms with Gasteiger partial charge in [0.1, 0.15) is 6.10 Å². The van der Waals surface area contributed by atoms with Gasteiger partial charge in [0.25, 0.3) is 0 Å². The molecule has 0 fully saturated rings. The zero-order valence-electron chi connectivity index (χ0n) is 8.58. The molecule has 0 spiro atoms. The van der Waals surface area contributed by atoms with Crippen molar-refractivity contribution in [3.8, 4) is 0 Å². The maximum absolute atomic E-state index is 10.2. The second-order valence-corrected chi connectivity index (χ2v) is 5.65. The predicted octanol–water partition coefficient (Wildman–Crippen LogP) is 4.45. The molecule has 0 aliphatic heterocycles. The maximum atomic E-state index is 10.2. The molecule has 16 heavy (non-hydrogen) atoms. The molecule has 1 aromatic carbocycles. The fourth-order valence-electron chi connectivity index (χ4n) is 1.51. The summed E-state index contributed by atoms with van der Waals surface area (Å²) in [6, 6.07) is 9.22. The van der Waals surface area contributed by atoms with Crippen molar-refractivity contribution in [3.05, 3.63) is 55.7 Å².